The number of nitrogens with zero attached hydrogens (tertiary/aromatic N) is 2. The third-order valence-electron chi connectivity index (χ3n) is 3.54. The van der Waals surface area contributed by atoms with Crippen LogP contribution < -0.4 is 15.4 Å². The van der Waals surface area contributed by atoms with Crippen molar-refractivity contribution in [2.45, 2.75) is 18.9 Å². The number of rotatable bonds is 3. The number of anilines is 1. The van der Waals surface area contributed by atoms with E-state index >= 15 is 0 Å². The van der Waals surface area contributed by atoms with Gasteiger partial charge in [0.2, 0.25) is 0 Å². The fourth-order valence-corrected chi connectivity index (χ4v) is 2.42. The SMILES string of the molecule is COc1ccc(N2C(N)=NCC2C2CC2)cc1. The quantitative estimate of drug-likeness (QED) is 0.859. The van der Waals surface area contributed by atoms with Crippen LogP contribution in [0, 0.1) is 5.92 Å². The Morgan fingerprint density at radius 3 is 2.59 bits per heavy atom. The third kappa shape index (κ3) is 1.84. The van der Waals surface area contributed by atoms with E-state index in [2.05, 4.69) is 9.89 Å². The second-order valence-electron chi connectivity index (χ2n) is 4.67. The van der Waals surface area contributed by atoms with Gasteiger partial charge in [-0.05, 0) is 43.0 Å². The molecular weight excluding hydrogens is 214 g/mol. The number of aliphatic imine (C=N–C) groups is 1. The average Bonchev–Trinajstić information content (AvgIpc) is 3.13. The molecule has 1 aromatic rings. The predicted octanol–water partition coefficient (Wildman–Crippen LogP) is 1.61. The van der Waals surface area contributed by atoms with Crippen LogP contribution in [0.25, 0.3) is 0 Å². The summed E-state index contributed by atoms with van der Waals surface area (Å²) in [6, 6.07) is 8.47. The Bertz CT molecular complexity index is 436. The minimum atomic E-state index is 0.461. The zero-order valence-corrected chi connectivity index (χ0v) is 9.97. The summed E-state index contributed by atoms with van der Waals surface area (Å²) < 4.78 is 5.17. The van der Waals surface area contributed by atoms with Crippen LogP contribution in [0.5, 0.6) is 5.75 Å². The molecule has 0 spiro atoms. The number of methoxy groups -OCH3 is 1. The Kier molecular flexibility index (Phi) is 2.42. The van der Waals surface area contributed by atoms with Gasteiger partial charge in [-0.15, -0.1) is 0 Å². The summed E-state index contributed by atoms with van der Waals surface area (Å²) in [5, 5.41) is 0. The third-order valence-corrected chi connectivity index (χ3v) is 3.54. The first kappa shape index (κ1) is 10.4. The van der Waals surface area contributed by atoms with Crippen molar-refractivity contribution in [1.29, 1.82) is 0 Å². The van der Waals surface area contributed by atoms with Crippen LogP contribution in [-0.4, -0.2) is 25.7 Å². The summed E-state index contributed by atoms with van der Waals surface area (Å²) in [6.07, 6.45) is 2.61. The lowest BCUT2D eigenvalue weighted by Crippen LogP contribution is -2.42. The summed E-state index contributed by atoms with van der Waals surface area (Å²) in [7, 11) is 1.67. The summed E-state index contributed by atoms with van der Waals surface area (Å²) in [4.78, 5) is 6.53. The van der Waals surface area contributed by atoms with Gasteiger partial charge in [0.1, 0.15) is 5.75 Å². The summed E-state index contributed by atoms with van der Waals surface area (Å²) in [6.45, 7) is 0.836. The van der Waals surface area contributed by atoms with Crippen molar-refractivity contribution in [2.24, 2.45) is 16.6 Å². The first-order chi connectivity index (χ1) is 8.29. The zero-order valence-electron chi connectivity index (χ0n) is 9.97. The van der Waals surface area contributed by atoms with E-state index in [4.69, 9.17) is 10.5 Å². The smallest absolute Gasteiger partial charge is 0.196 e. The molecule has 1 unspecified atom stereocenters. The minimum absolute atomic E-state index is 0.461. The highest BCUT2D eigenvalue weighted by Gasteiger charge is 2.39. The zero-order chi connectivity index (χ0) is 11.8. The molecule has 1 saturated carbocycles. The number of hydrogen-bond donors (Lipinski definition) is 1. The van der Waals surface area contributed by atoms with E-state index in [0.29, 0.717) is 12.0 Å². The number of ether oxygens (including phenoxy) is 1. The normalized spacial score (nSPS) is 23.7. The summed E-state index contributed by atoms with van der Waals surface area (Å²) >= 11 is 0. The molecule has 3 rings (SSSR count). The number of nitrogens with two attached hydrogens (primary N) is 1. The molecule has 1 atom stereocenters. The van der Waals surface area contributed by atoms with Crippen LogP contribution in [0.2, 0.25) is 0 Å². The van der Waals surface area contributed by atoms with E-state index < -0.39 is 0 Å². The molecule has 1 aliphatic carbocycles. The maximum absolute atomic E-state index is 5.98. The molecule has 90 valence electrons. The molecule has 0 amide bonds. The Hall–Kier alpha value is -1.71. The van der Waals surface area contributed by atoms with E-state index in [-0.39, 0.29) is 0 Å². The van der Waals surface area contributed by atoms with Gasteiger partial charge in [-0.2, -0.15) is 0 Å². The highest BCUT2D eigenvalue weighted by atomic mass is 16.5. The van der Waals surface area contributed by atoms with Crippen molar-refractivity contribution in [1.82, 2.24) is 0 Å². The van der Waals surface area contributed by atoms with E-state index in [1.54, 1.807) is 7.11 Å². The van der Waals surface area contributed by atoms with Gasteiger partial charge >= 0.3 is 0 Å². The van der Waals surface area contributed by atoms with Crippen molar-refractivity contribution >= 4 is 11.6 Å². The Balaban J connectivity index is 1.86. The first-order valence-electron chi connectivity index (χ1n) is 6.03. The lowest BCUT2D eigenvalue weighted by molar-refractivity contribution is 0.415. The van der Waals surface area contributed by atoms with Gasteiger partial charge in [0.15, 0.2) is 5.96 Å². The molecule has 2 aliphatic rings. The number of hydrogen-bond acceptors (Lipinski definition) is 4. The molecule has 4 nitrogen and oxygen atoms in total. The number of guanidine groups is 1. The van der Waals surface area contributed by atoms with Crippen LogP contribution in [0.15, 0.2) is 29.3 Å². The predicted molar refractivity (Wildman–Crippen MR) is 68.5 cm³/mol. The van der Waals surface area contributed by atoms with Crippen molar-refractivity contribution in [3.05, 3.63) is 24.3 Å². The molecule has 1 heterocycles. The van der Waals surface area contributed by atoms with Crippen LogP contribution in [0.4, 0.5) is 5.69 Å². The summed E-state index contributed by atoms with van der Waals surface area (Å²) in [5.74, 6) is 2.28. The van der Waals surface area contributed by atoms with Gasteiger partial charge in [-0.1, -0.05) is 0 Å². The lowest BCUT2D eigenvalue weighted by atomic mass is 10.1. The van der Waals surface area contributed by atoms with Gasteiger partial charge in [-0.3, -0.25) is 4.99 Å². The lowest BCUT2D eigenvalue weighted by Gasteiger charge is -2.26. The highest BCUT2D eigenvalue weighted by molar-refractivity contribution is 5.97. The van der Waals surface area contributed by atoms with Crippen molar-refractivity contribution in [3.8, 4) is 5.75 Å². The molecule has 1 aliphatic heterocycles. The first-order valence-corrected chi connectivity index (χ1v) is 6.03. The fourth-order valence-electron chi connectivity index (χ4n) is 2.42. The monoisotopic (exact) mass is 231 g/mol. The van der Waals surface area contributed by atoms with E-state index in [1.807, 2.05) is 24.3 Å². The van der Waals surface area contributed by atoms with E-state index in [9.17, 15) is 0 Å². The van der Waals surface area contributed by atoms with E-state index in [1.165, 1.54) is 12.8 Å². The second-order valence-corrected chi connectivity index (χ2v) is 4.67. The van der Waals surface area contributed by atoms with Crippen LogP contribution in [-0.2, 0) is 0 Å². The standard InChI is InChI=1S/C13H17N3O/c1-17-11-6-4-10(5-7-11)16-12(9-2-3-9)8-15-13(16)14/h4-7,9,12H,2-3,8H2,1H3,(H2,14,15). The summed E-state index contributed by atoms with van der Waals surface area (Å²) in [5.41, 5.74) is 7.09. The molecule has 0 aromatic heterocycles. The Morgan fingerprint density at radius 2 is 2.00 bits per heavy atom. The maximum Gasteiger partial charge on any atom is 0.196 e. The molecule has 4 heteroatoms. The van der Waals surface area contributed by atoms with Crippen molar-refractivity contribution in [3.63, 3.8) is 0 Å². The maximum atomic E-state index is 5.98. The highest BCUT2D eigenvalue weighted by Crippen LogP contribution is 2.39. The van der Waals surface area contributed by atoms with Gasteiger partial charge in [0.05, 0.1) is 19.7 Å². The van der Waals surface area contributed by atoms with Crippen LogP contribution in [0.3, 0.4) is 0 Å². The van der Waals surface area contributed by atoms with Crippen molar-refractivity contribution < 1.29 is 4.74 Å². The molecule has 1 aromatic carbocycles. The van der Waals surface area contributed by atoms with Gasteiger partial charge in [-0.25, -0.2) is 0 Å². The molecule has 17 heavy (non-hydrogen) atoms. The van der Waals surface area contributed by atoms with Gasteiger partial charge in [0.25, 0.3) is 0 Å². The Morgan fingerprint density at radius 1 is 1.29 bits per heavy atom. The van der Waals surface area contributed by atoms with Gasteiger partial charge in [0, 0.05) is 5.69 Å². The minimum Gasteiger partial charge on any atom is -0.497 e. The molecule has 0 radical (unpaired) electrons. The molecule has 0 bridgehead atoms. The molecule has 2 N–H and O–H groups in total. The second kappa shape index (κ2) is 3.95. The molecule has 1 fully saturated rings. The topological polar surface area (TPSA) is 50.9 Å². The molecular formula is C13H17N3O. The van der Waals surface area contributed by atoms with Crippen LogP contribution >= 0.6 is 0 Å². The largest absolute Gasteiger partial charge is 0.497 e. The van der Waals surface area contributed by atoms with Gasteiger partial charge < -0.3 is 15.4 Å². The fraction of sp³-hybridized carbons (Fsp3) is 0.462. The Labute approximate surface area is 101 Å². The van der Waals surface area contributed by atoms with Crippen LogP contribution in [0.1, 0.15) is 12.8 Å². The average molecular weight is 231 g/mol. The molecule has 0 saturated heterocycles. The van der Waals surface area contributed by atoms with E-state index in [0.717, 1.165) is 23.9 Å². The van der Waals surface area contributed by atoms with Crippen molar-refractivity contribution in [2.75, 3.05) is 18.6 Å². The number of benzene rings is 1.